The van der Waals surface area contributed by atoms with Gasteiger partial charge in [0.1, 0.15) is 11.3 Å². The van der Waals surface area contributed by atoms with E-state index in [9.17, 15) is 19.2 Å². The minimum atomic E-state index is -0.759. The van der Waals surface area contributed by atoms with Gasteiger partial charge in [0, 0.05) is 5.69 Å². The number of hydrogen-bond donors (Lipinski definition) is 1. The van der Waals surface area contributed by atoms with Crippen molar-refractivity contribution in [2.45, 2.75) is 19.9 Å². The monoisotopic (exact) mass is 472 g/mol. The predicted molar refractivity (Wildman–Crippen MR) is 128 cm³/mol. The van der Waals surface area contributed by atoms with Gasteiger partial charge in [0.25, 0.3) is 17.7 Å². The Morgan fingerprint density at radius 3 is 2.23 bits per heavy atom. The van der Waals surface area contributed by atoms with Gasteiger partial charge in [0.15, 0.2) is 6.61 Å². The Kier molecular flexibility index (Phi) is 6.91. The summed E-state index contributed by atoms with van der Waals surface area (Å²) in [5, 5.41) is 2.75. The molecule has 0 fully saturated rings. The number of benzene rings is 3. The Balaban J connectivity index is 1.45. The summed E-state index contributed by atoms with van der Waals surface area (Å²) in [5.41, 5.74) is 2.95. The average molecular weight is 472 g/mol. The molecular formula is C27H24N2O6. The van der Waals surface area contributed by atoms with Gasteiger partial charge in [-0.3, -0.25) is 19.3 Å². The van der Waals surface area contributed by atoms with Crippen molar-refractivity contribution in [3.05, 3.63) is 94.5 Å². The number of imide groups is 1. The number of carbonyl (C=O) groups excluding carboxylic acids is 4. The first kappa shape index (κ1) is 23.7. The van der Waals surface area contributed by atoms with Crippen molar-refractivity contribution in [1.82, 2.24) is 4.90 Å². The van der Waals surface area contributed by atoms with E-state index < -0.39 is 30.3 Å². The van der Waals surface area contributed by atoms with E-state index in [1.54, 1.807) is 42.5 Å². The first-order valence-electron chi connectivity index (χ1n) is 11.1. The van der Waals surface area contributed by atoms with Crippen LogP contribution in [0.5, 0.6) is 5.75 Å². The van der Waals surface area contributed by atoms with Crippen molar-refractivity contribution in [2.75, 3.05) is 19.0 Å². The van der Waals surface area contributed by atoms with Gasteiger partial charge in [-0.2, -0.15) is 0 Å². The van der Waals surface area contributed by atoms with Crippen LogP contribution in [0.25, 0.3) is 0 Å². The maximum atomic E-state index is 12.8. The summed E-state index contributed by atoms with van der Waals surface area (Å²) in [6, 6.07) is 18.7. The molecule has 0 spiro atoms. The molecule has 0 saturated carbocycles. The van der Waals surface area contributed by atoms with Gasteiger partial charge >= 0.3 is 5.97 Å². The fourth-order valence-corrected chi connectivity index (χ4v) is 3.92. The molecule has 3 aromatic rings. The van der Waals surface area contributed by atoms with Crippen LogP contribution in [0.3, 0.4) is 0 Å². The number of aryl methyl sites for hydroxylation is 1. The Labute approximate surface area is 202 Å². The molecule has 1 N–H and O–H groups in total. The van der Waals surface area contributed by atoms with E-state index in [4.69, 9.17) is 9.47 Å². The second-order valence-corrected chi connectivity index (χ2v) is 7.91. The normalized spacial score (nSPS) is 12.3. The molecule has 1 aliphatic rings. The maximum absolute atomic E-state index is 12.8. The number of carbonyl (C=O) groups is 4. The topological polar surface area (TPSA) is 102 Å². The van der Waals surface area contributed by atoms with E-state index in [0.29, 0.717) is 22.4 Å². The lowest BCUT2D eigenvalue weighted by Gasteiger charge is -2.16. The molecule has 3 aromatic carbocycles. The van der Waals surface area contributed by atoms with Gasteiger partial charge < -0.3 is 14.8 Å². The number of esters is 1. The van der Waals surface area contributed by atoms with Gasteiger partial charge in [0.2, 0.25) is 0 Å². The van der Waals surface area contributed by atoms with Crippen LogP contribution in [0.4, 0.5) is 5.69 Å². The Morgan fingerprint density at radius 1 is 0.914 bits per heavy atom. The Hall–Kier alpha value is -4.46. The quantitative estimate of drug-likeness (QED) is 0.395. The van der Waals surface area contributed by atoms with E-state index in [2.05, 4.69) is 5.32 Å². The molecule has 1 aliphatic heterocycles. The zero-order valence-electron chi connectivity index (χ0n) is 19.4. The standard InChI is InChI=1S/C27H24N2O6/c1-3-18-8-4-7-11-22(18)28-24(30)16-35-27(33)21-14-17(12-13-23(21)34-2)15-29-25(31)19-9-5-6-10-20(19)26(29)32/h4-14H,3,15-16H2,1-2H3,(H,28,30). The molecule has 0 atom stereocenters. The minimum absolute atomic E-state index is 0.0229. The van der Waals surface area contributed by atoms with Crippen molar-refractivity contribution < 1.29 is 28.7 Å². The molecule has 35 heavy (non-hydrogen) atoms. The molecule has 8 nitrogen and oxygen atoms in total. The van der Waals surface area contributed by atoms with Gasteiger partial charge in [-0.15, -0.1) is 0 Å². The predicted octanol–water partition coefficient (Wildman–Crippen LogP) is 3.85. The number of methoxy groups -OCH3 is 1. The lowest BCUT2D eigenvalue weighted by molar-refractivity contribution is -0.119. The van der Waals surface area contributed by atoms with E-state index in [0.717, 1.165) is 16.9 Å². The van der Waals surface area contributed by atoms with Crippen LogP contribution in [0.15, 0.2) is 66.7 Å². The molecule has 0 aliphatic carbocycles. The van der Waals surface area contributed by atoms with Gasteiger partial charge in [-0.05, 0) is 47.9 Å². The summed E-state index contributed by atoms with van der Waals surface area (Å²) in [5.74, 6) is -1.77. The number of rotatable bonds is 8. The number of nitrogens with zero attached hydrogens (tertiary/aromatic N) is 1. The maximum Gasteiger partial charge on any atom is 0.342 e. The lowest BCUT2D eigenvalue weighted by atomic mass is 10.1. The number of para-hydroxylation sites is 1. The van der Waals surface area contributed by atoms with Gasteiger partial charge in [-0.1, -0.05) is 43.3 Å². The fourth-order valence-electron chi connectivity index (χ4n) is 3.92. The van der Waals surface area contributed by atoms with Crippen molar-refractivity contribution in [2.24, 2.45) is 0 Å². The smallest absolute Gasteiger partial charge is 0.342 e. The van der Waals surface area contributed by atoms with E-state index in [1.165, 1.54) is 13.2 Å². The highest BCUT2D eigenvalue weighted by molar-refractivity contribution is 6.21. The fraction of sp³-hybridized carbons (Fsp3) is 0.185. The SMILES string of the molecule is CCc1ccccc1NC(=O)COC(=O)c1cc(CN2C(=O)c3ccccc3C2=O)ccc1OC. The van der Waals surface area contributed by atoms with E-state index in [-0.39, 0.29) is 17.9 Å². The summed E-state index contributed by atoms with van der Waals surface area (Å²) >= 11 is 0. The highest BCUT2D eigenvalue weighted by Crippen LogP contribution is 2.27. The summed E-state index contributed by atoms with van der Waals surface area (Å²) in [6.45, 7) is 1.47. The van der Waals surface area contributed by atoms with E-state index in [1.807, 2.05) is 25.1 Å². The van der Waals surface area contributed by atoms with Crippen molar-refractivity contribution >= 4 is 29.4 Å². The number of ether oxygens (including phenoxy) is 2. The number of anilines is 1. The summed E-state index contributed by atoms with van der Waals surface area (Å²) < 4.78 is 10.5. The third-order valence-corrected chi connectivity index (χ3v) is 5.71. The molecule has 0 aromatic heterocycles. The van der Waals surface area contributed by atoms with Crippen molar-refractivity contribution in [3.8, 4) is 5.75 Å². The first-order chi connectivity index (χ1) is 16.9. The third kappa shape index (κ3) is 4.91. The first-order valence-corrected chi connectivity index (χ1v) is 11.1. The number of fused-ring (bicyclic) bond motifs is 1. The lowest BCUT2D eigenvalue weighted by Crippen LogP contribution is -2.29. The number of nitrogens with one attached hydrogen (secondary N) is 1. The van der Waals surface area contributed by atoms with E-state index >= 15 is 0 Å². The second-order valence-electron chi connectivity index (χ2n) is 7.91. The molecule has 0 radical (unpaired) electrons. The van der Waals surface area contributed by atoms with Crippen LogP contribution in [-0.2, 0) is 22.5 Å². The largest absolute Gasteiger partial charge is 0.496 e. The van der Waals surface area contributed by atoms with Crippen molar-refractivity contribution in [3.63, 3.8) is 0 Å². The molecule has 4 rings (SSSR count). The summed E-state index contributed by atoms with van der Waals surface area (Å²) in [7, 11) is 1.41. The molecule has 0 unspecified atom stereocenters. The zero-order valence-corrected chi connectivity index (χ0v) is 19.4. The minimum Gasteiger partial charge on any atom is -0.496 e. The molecule has 0 saturated heterocycles. The van der Waals surface area contributed by atoms with Crippen LogP contribution in [-0.4, -0.2) is 42.3 Å². The van der Waals surface area contributed by atoms with Crippen LogP contribution in [0.1, 0.15) is 49.1 Å². The zero-order chi connectivity index (χ0) is 24.9. The summed E-state index contributed by atoms with van der Waals surface area (Å²) in [4.78, 5) is 51.6. The molecule has 3 amide bonds. The second kappa shape index (κ2) is 10.2. The van der Waals surface area contributed by atoms with Gasteiger partial charge in [0.05, 0.1) is 24.8 Å². The Bertz CT molecular complexity index is 1280. The molecule has 8 heteroatoms. The van der Waals surface area contributed by atoms with Crippen LogP contribution in [0.2, 0.25) is 0 Å². The van der Waals surface area contributed by atoms with Crippen molar-refractivity contribution in [1.29, 1.82) is 0 Å². The van der Waals surface area contributed by atoms with Crippen LogP contribution < -0.4 is 10.1 Å². The molecule has 178 valence electrons. The third-order valence-electron chi connectivity index (χ3n) is 5.71. The molecular weight excluding hydrogens is 448 g/mol. The number of hydrogen-bond acceptors (Lipinski definition) is 6. The number of amides is 3. The molecule has 1 heterocycles. The highest BCUT2D eigenvalue weighted by atomic mass is 16.5. The Morgan fingerprint density at radius 2 is 1.57 bits per heavy atom. The van der Waals surface area contributed by atoms with Crippen LogP contribution in [0, 0.1) is 0 Å². The highest BCUT2D eigenvalue weighted by Gasteiger charge is 2.35. The summed E-state index contributed by atoms with van der Waals surface area (Å²) in [6.07, 6.45) is 0.743. The van der Waals surface area contributed by atoms with Crippen LogP contribution >= 0.6 is 0 Å². The van der Waals surface area contributed by atoms with Gasteiger partial charge in [-0.25, -0.2) is 4.79 Å². The average Bonchev–Trinajstić information content (AvgIpc) is 3.12. The molecule has 0 bridgehead atoms.